The van der Waals surface area contributed by atoms with Crippen LogP contribution < -0.4 is 5.32 Å². The zero-order chi connectivity index (χ0) is 20.1. The number of rotatable bonds is 5. The van der Waals surface area contributed by atoms with Crippen molar-refractivity contribution in [3.63, 3.8) is 0 Å². The summed E-state index contributed by atoms with van der Waals surface area (Å²) in [6.45, 7) is 0.949. The van der Waals surface area contributed by atoms with Crippen LogP contribution >= 0.6 is 0 Å². The topological polar surface area (TPSA) is 58.6 Å². The zero-order valence-corrected chi connectivity index (χ0v) is 15.0. The van der Waals surface area contributed by atoms with Crippen LogP contribution in [0.3, 0.4) is 0 Å². The van der Waals surface area contributed by atoms with E-state index in [2.05, 4.69) is 5.32 Å². The van der Waals surface area contributed by atoms with E-state index in [0.29, 0.717) is 18.8 Å². The summed E-state index contributed by atoms with van der Waals surface area (Å²) in [5.74, 6) is -0.975. The monoisotopic (exact) mass is 392 g/mol. The molecule has 1 heterocycles. The Labute approximate surface area is 160 Å². The normalized spacial score (nSPS) is 14.0. The predicted molar refractivity (Wildman–Crippen MR) is 97.3 cm³/mol. The average Bonchev–Trinajstić information content (AvgIpc) is 3.21. The molecule has 148 valence electrons. The van der Waals surface area contributed by atoms with E-state index in [1.807, 2.05) is 0 Å². The van der Waals surface area contributed by atoms with E-state index in [4.69, 9.17) is 4.74 Å². The Morgan fingerprint density at radius 3 is 2.46 bits per heavy atom. The van der Waals surface area contributed by atoms with E-state index in [1.165, 1.54) is 18.2 Å². The van der Waals surface area contributed by atoms with Gasteiger partial charge < -0.3 is 15.0 Å². The molecule has 3 rings (SSSR count). The molecule has 0 atom stereocenters. The molecule has 0 unspecified atom stereocenters. The summed E-state index contributed by atoms with van der Waals surface area (Å²) in [4.78, 5) is 26.0. The predicted octanol–water partition coefficient (Wildman–Crippen LogP) is 4.23. The summed E-state index contributed by atoms with van der Waals surface area (Å²) < 4.78 is 43.8. The van der Waals surface area contributed by atoms with Crippen molar-refractivity contribution in [2.45, 2.75) is 19.0 Å². The number of carbonyl (C=O) groups excluding carboxylic acids is 2. The second-order valence-electron chi connectivity index (χ2n) is 6.41. The maximum absolute atomic E-state index is 12.9. The number of nitrogens with one attached hydrogen (secondary N) is 1. The van der Waals surface area contributed by atoms with Crippen LogP contribution in [0.1, 0.15) is 28.8 Å². The van der Waals surface area contributed by atoms with Gasteiger partial charge in [0, 0.05) is 18.8 Å². The van der Waals surface area contributed by atoms with E-state index in [9.17, 15) is 22.8 Å². The number of hydrogen-bond acceptors (Lipinski definition) is 4. The van der Waals surface area contributed by atoms with Crippen LogP contribution in [0.5, 0.6) is 0 Å². The molecule has 0 radical (unpaired) electrons. The number of likely N-dealkylation sites (tertiary alicyclic amines) is 1. The van der Waals surface area contributed by atoms with Crippen LogP contribution in [0.2, 0.25) is 0 Å². The van der Waals surface area contributed by atoms with Gasteiger partial charge in [0.15, 0.2) is 6.61 Å². The van der Waals surface area contributed by atoms with Crippen LogP contribution in [0.4, 0.5) is 24.5 Å². The van der Waals surface area contributed by atoms with Crippen molar-refractivity contribution in [3.8, 4) is 0 Å². The molecule has 1 amide bonds. The second-order valence-corrected chi connectivity index (χ2v) is 6.41. The minimum Gasteiger partial charge on any atom is -0.452 e. The minimum absolute atomic E-state index is 0.133. The van der Waals surface area contributed by atoms with Gasteiger partial charge in [-0.1, -0.05) is 18.2 Å². The summed E-state index contributed by atoms with van der Waals surface area (Å²) >= 11 is 0. The van der Waals surface area contributed by atoms with Crippen molar-refractivity contribution < 1.29 is 27.5 Å². The van der Waals surface area contributed by atoms with Crippen molar-refractivity contribution in [2.75, 3.05) is 25.0 Å². The molecule has 0 aliphatic carbocycles. The smallest absolute Gasteiger partial charge is 0.416 e. The average molecular weight is 392 g/mol. The first-order valence-electron chi connectivity index (χ1n) is 8.83. The van der Waals surface area contributed by atoms with E-state index in [0.717, 1.165) is 25.0 Å². The Morgan fingerprint density at radius 2 is 1.75 bits per heavy atom. The highest BCUT2D eigenvalue weighted by Gasteiger charge is 2.30. The van der Waals surface area contributed by atoms with E-state index >= 15 is 0 Å². The number of amides is 1. The molecule has 2 aromatic carbocycles. The molecule has 8 heteroatoms. The molecule has 0 bridgehead atoms. The van der Waals surface area contributed by atoms with E-state index in [1.54, 1.807) is 23.1 Å². The van der Waals surface area contributed by atoms with Crippen molar-refractivity contribution in [3.05, 3.63) is 59.7 Å². The van der Waals surface area contributed by atoms with Crippen LogP contribution in [0.25, 0.3) is 0 Å². The molecule has 1 saturated heterocycles. The lowest BCUT2D eigenvalue weighted by Gasteiger charge is -2.16. The Balaban J connectivity index is 1.70. The molecule has 0 aromatic heterocycles. The molecule has 0 spiro atoms. The minimum atomic E-state index is -4.47. The summed E-state index contributed by atoms with van der Waals surface area (Å²) in [6, 6.07) is 11.0. The van der Waals surface area contributed by atoms with Gasteiger partial charge in [-0.25, -0.2) is 4.79 Å². The van der Waals surface area contributed by atoms with E-state index < -0.39 is 17.7 Å². The van der Waals surface area contributed by atoms with Crippen LogP contribution in [0, 0.1) is 0 Å². The summed E-state index contributed by atoms with van der Waals surface area (Å²) in [5.41, 5.74) is -0.188. The first-order chi connectivity index (χ1) is 13.3. The number of halogens is 3. The number of esters is 1. The molecule has 2 aromatic rings. The fraction of sp³-hybridized carbons (Fsp3) is 0.300. The van der Waals surface area contributed by atoms with Gasteiger partial charge in [0.05, 0.1) is 16.8 Å². The molecule has 5 nitrogen and oxygen atoms in total. The number of benzene rings is 2. The number of ether oxygens (including phenoxy) is 1. The Kier molecular flexibility index (Phi) is 5.87. The van der Waals surface area contributed by atoms with Gasteiger partial charge in [-0.3, -0.25) is 4.79 Å². The van der Waals surface area contributed by atoms with Crippen molar-refractivity contribution in [2.24, 2.45) is 0 Å². The largest absolute Gasteiger partial charge is 0.452 e. The van der Waals surface area contributed by atoms with Crippen molar-refractivity contribution >= 4 is 23.3 Å². The lowest BCUT2D eigenvalue weighted by Crippen LogP contribution is -2.32. The van der Waals surface area contributed by atoms with Crippen LogP contribution in [0.15, 0.2) is 48.5 Å². The number of hydrogen-bond donors (Lipinski definition) is 1. The summed E-state index contributed by atoms with van der Waals surface area (Å²) in [6.07, 6.45) is -2.60. The van der Waals surface area contributed by atoms with Gasteiger partial charge >= 0.3 is 12.1 Å². The molecular weight excluding hydrogens is 373 g/mol. The number of nitrogens with zero attached hydrogens (tertiary/aromatic N) is 1. The highest BCUT2D eigenvalue weighted by Crippen LogP contribution is 2.32. The number of carbonyl (C=O) groups is 2. The Hall–Kier alpha value is -3.03. The van der Waals surface area contributed by atoms with Crippen molar-refractivity contribution in [1.29, 1.82) is 0 Å². The van der Waals surface area contributed by atoms with Gasteiger partial charge in [0.25, 0.3) is 5.91 Å². The van der Waals surface area contributed by atoms with E-state index in [-0.39, 0.29) is 23.8 Å². The highest BCUT2D eigenvalue weighted by molar-refractivity contribution is 5.97. The quantitative estimate of drug-likeness (QED) is 0.774. The lowest BCUT2D eigenvalue weighted by atomic mass is 10.1. The van der Waals surface area contributed by atoms with Crippen molar-refractivity contribution in [1.82, 2.24) is 4.90 Å². The first-order valence-corrected chi connectivity index (χ1v) is 8.83. The second kappa shape index (κ2) is 8.33. The van der Waals surface area contributed by atoms with Crippen LogP contribution in [-0.2, 0) is 15.7 Å². The van der Waals surface area contributed by atoms with Gasteiger partial charge in [0.1, 0.15) is 0 Å². The SMILES string of the molecule is O=C(OCC(=O)N1CCCC1)c1ccccc1Nc1cccc(C(F)(F)F)c1. The maximum Gasteiger partial charge on any atom is 0.416 e. The number of anilines is 2. The number of para-hydroxylation sites is 1. The third kappa shape index (κ3) is 4.82. The summed E-state index contributed by atoms with van der Waals surface area (Å²) in [5, 5.41) is 2.81. The molecule has 1 aliphatic rings. The standard InChI is InChI=1S/C20H19F3N2O3/c21-20(22,23)14-6-5-7-15(12-14)24-17-9-2-1-8-16(17)19(27)28-13-18(26)25-10-3-4-11-25/h1-2,5-9,12,24H,3-4,10-11,13H2. The van der Waals surface area contributed by atoms with Gasteiger partial charge in [0.2, 0.25) is 0 Å². The highest BCUT2D eigenvalue weighted by atomic mass is 19.4. The molecule has 0 saturated carbocycles. The third-order valence-electron chi connectivity index (χ3n) is 4.40. The fourth-order valence-corrected chi connectivity index (χ4v) is 2.96. The number of alkyl halides is 3. The fourth-order valence-electron chi connectivity index (χ4n) is 2.96. The van der Waals surface area contributed by atoms with Crippen LogP contribution in [-0.4, -0.2) is 36.5 Å². The molecule has 28 heavy (non-hydrogen) atoms. The lowest BCUT2D eigenvalue weighted by molar-refractivity contribution is -0.137. The van der Waals surface area contributed by atoms with Gasteiger partial charge in [-0.15, -0.1) is 0 Å². The first kappa shape index (κ1) is 19.7. The van der Waals surface area contributed by atoms with Gasteiger partial charge in [-0.05, 0) is 43.2 Å². The third-order valence-corrected chi connectivity index (χ3v) is 4.40. The molecule has 1 N–H and O–H groups in total. The van der Waals surface area contributed by atoms with Gasteiger partial charge in [-0.2, -0.15) is 13.2 Å². The maximum atomic E-state index is 12.9. The Bertz CT molecular complexity index is 862. The zero-order valence-electron chi connectivity index (χ0n) is 15.0. The Morgan fingerprint density at radius 1 is 1.04 bits per heavy atom. The molecule has 1 aliphatic heterocycles. The molecule has 1 fully saturated rings. The summed E-state index contributed by atoms with van der Waals surface area (Å²) in [7, 11) is 0. The molecular formula is C20H19F3N2O3.